The van der Waals surface area contributed by atoms with Gasteiger partial charge in [-0.05, 0) is 74.5 Å². The van der Waals surface area contributed by atoms with Crippen molar-refractivity contribution in [2.75, 3.05) is 0 Å². The topological polar surface area (TPSA) is 0 Å². The van der Waals surface area contributed by atoms with Gasteiger partial charge < -0.3 is 16.4 Å². The van der Waals surface area contributed by atoms with E-state index in [1.807, 2.05) is 0 Å². The summed E-state index contributed by atoms with van der Waals surface area (Å²) in [5.74, 6) is 0. The molecule has 0 aromatic rings. The Labute approximate surface area is 235 Å². The van der Waals surface area contributed by atoms with Crippen molar-refractivity contribution < 1.29 is 16.4 Å². The summed E-state index contributed by atoms with van der Waals surface area (Å²) < 4.78 is 56.7. The van der Waals surface area contributed by atoms with Crippen LogP contribution in [0.1, 0.15) is 111 Å². The second-order valence-corrected chi connectivity index (χ2v) is 28.4. The summed E-state index contributed by atoms with van der Waals surface area (Å²) >= 11 is 0. The van der Waals surface area contributed by atoms with Gasteiger partial charge in [0.15, 0.2) is 0 Å². The Hall–Kier alpha value is 0.588. The molecule has 0 N–H and O–H groups in total. The Bertz CT molecular complexity index is 447. The molecule has 0 atom stereocenters. The molecule has 0 rings (SSSR count). The lowest BCUT2D eigenvalue weighted by molar-refractivity contribution is 0.650. The highest BCUT2D eigenvalue weighted by Gasteiger charge is 2.34. The molecule has 226 valence electrons. The quantitative estimate of drug-likeness (QED) is 0.0472. The maximum absolute atomic E-state index is 15.2. The third kappa shape index (κ3) is 27.9. The normalized spacial score (nSPS) is 13.0. The molecule has 0 saturated heterocycles. The van der Waals surface area contributed by atoms with Gasteiger partial charge in [0.25, 0.3) is 0 Å². The highest BCUT2D eigenvalue weighted by molar-refractivity contribution is 6.74. The van der Waals surface area contributed by atoms with Crippen LogP contribution < -0.4 is 0 Å². The standard InChI is InChI=1S/C20H44F2Si2.C9H22F2Si2/c1-5-9-15-23(21,16-10-6-2)19-13-14-20-24(22,17-11-7-3)18-12-8-4;1-12(2,10)8-6-5-7-9-13(3,4)11/h5-20H2,1-4H3;5-9H2,1-4H3. The van der Waals surface area contributed by atoms with Crippen molar-refractivity contribution in [3.8, 4) is 0 Å². The first-order valence-corrected chi connectivity index (χ1v) is 27.1. The van der Waals surface area contributed by atoms with E-state index in [-0.39, 0.29) is 0 Å². The number of rotatable bonds is 23. The van der Waals surface area contributed by atoms with Crippen LogP contribution in [0.3, 0.4) is 0 Å². The van der Waals surface area contributed by atoms with Crippen LogP contribution in [0.2, 0.25) is 74.5 Å². The molecular formula is C29H66F4Si4. The average molecular weight is 603 g/mol. The predicted octanol–water partition coefficient (Wildman–Crippen LogP) is 13.3. The zero-order valence-corrected chi connectivity index (χ0v) is 30.4. The predicted molar refractivity (Wildman–Crippen MR) is 172 cm³/mol. The molecule has 0 heterocycles. The fourth-order valence-electron chi connectivity index (χ4n) is 4.88. The number of unbranched alkanes of at least 4 members (excludes halogenated alkanes) is 7. The van der Waals surface area contributed by atoms with Crippen molar-refractivity contribution in [3.05, 3.63) is 0 Å². The maximum Gasteiger partial charge on any atom is 0.247 e. The van der Waals surface area contributed by atoms with Gasteiger partial charge in [-0.15, -0.1) is 0 Å². The minimum absolute atomic E-state index is 0.737. The number of hydrogen-bond donors (Lipinski definition) is 0. The van der Waals surface area contributed by atoms with E-state index in [1.54, 1.807) is 26.2 Å². The number of halogens is 4. The van der Waals surface area contributed by atoms with Crippen LogP contribution >= 0.6 is 0 Å². The Morgan fingerprint density at radius 3 is 0.757 bits per heavy atom. The molecular weight excluding hydrogens is 537 g/mol. The van der Waals surface area contributed by atoms with Crippen molar-refractivity contribution >= 4 is 33.6 Å². The van der Waals surface area contributed by atoms with Gasteiger partial charge in [0.1, 0.15) is 0 Å². The van der Waals surface area contributed by atoms with Gasteiger partial charge in [0.05, 0.1) is 0 Å². The van der Waals surface area contributed by atoms with Crippen LogP contribution in [-0.2, 0) is 0 Å². The van der Waals surface area contributed by atoms with Crippen LogP contribution in [0.25, 0.3) is 0 Å². The van der Waals surface area contributed by atoms with Crippen molar-refractivity contribution in [3.63, 3.8) is 0 Å². The van der Waals surface area contributed by atoms with Crippen molar-refractivity contribution in [2.24, 2.45) is 0 Å². The fraction of sp³-hybridized carbons (Fsp3) is 1.00. The molecule has 8 heteroatoms. The van der Waals surface area contributed by atoms with E-state index in [4.69, 9.17) is 0 Å². The largest absolute Gasteiger partial charge is 0.314 e. The number of hydrogen-bond acceptors (Lipinski definition) is 0. The molecule has 0 aliphatic carbocycles. The van der Waals surface area contributed by atoms with E-state index in [0.717, 1.165) is 132 Å². The summed E-state index contributed by atoms with van der Waals surface area (Å²) in [4.78, 5) is 0. The Morgan fingerprint density at radius 2 is 0.541 bits per heavy atom. The zero-order chi connectivity index (χ0) is 28.8. The second kappa shape index (κ2) is 22.3. The molecule has 0 aromatic heterocycles. The van der Waals surface area contributed by atoms with E-state index in [1.165, 1.54) is 0 Å². The zero-order valence-electron chi connectivity index (χ0n) is 26.4. The van der Waals surface area contributed by atoms with Crippen molar-refractivity contribution in [1.29, 1.82) is 0 Å². The molecule has 0 aromatic carbocycles. The van der Waals surface area contributed by atoms with Crippen LogP contribution in [0, 0.1) is 0 Å². The molecule has 0 fully saturated rings. The summed E-state index contributed by atoms with van der Waals surface area (Å²) in [7, 11) is -9.76. The van der Waals surface area contributed by atoms with Crippen LogP contribution in [0.5, 0.6) is 0 Å². The SMILES string of the molecule is CCCC[Si](F)(CCCC)CCCC[Si](F)(CCCC)CCCC.C[Si](C)(F)CCCCC[Si](C)(C)F. The minimum atomic E-state index is -2.55. The Kier molecular flexibility index (Phi) is 23.9. The lowest BCUT2D eigenvalue weighted by atomic mass is 10.3. The summed E-state index contributed by atoms with van der Waals surface area (Å²) in [6, 6.07) is 6.42. The molecule has 0 spiro atoms. The maximum atomic E-state index is 15.2. The van der Waals surface area contributed by atoms with E-state index in [2.05, 4.69) is 27.7 Å². The summed E-state index contributed by atoms with van der Waals surface area (Å²) in [5, 5.41) is 0. The molecule has 37 heavy (non-hydrogen) atoms. The van der Waals surface area contributed by atoms with Crippen molar-refractivity contribution in [1.82, 2.24) is 0 Å². The van der Waals surface area contributed by atoms with E-state index >= 15 is 8.22 Å². The molecule has 0 amide bonds. The summed E-state index contributed by atoms with van der Waals surface area (Å²) in [6.07, 6.45) is 13.3. The smallest absolute Gasteiger partial charge is 0.247 e. The average Bonchev–Trinajstić information content (AvgIpc) is 2.81. The molecule has 0 nitrogen and oxygen atoms in total. The van der Waals surface area contributed by atoms with Crippen molar-refractivity contribution in [2.45, 2.75) is 186 Å². The Balaban J connectivity index is 0. The second-order valence-electron chi connectivity index (χ2n) is 12.9. The van der Waals surface area contributed by atoms with Crippen LogP contribution in [-0.4, -0.2) is 33.6 Å². The minimum Gasteiger partial charge on any atom is -0.314 e. The molecule has 0 aliphatic heterocycles. The first-order chi connectivity index (χ1) is 17.2. The Morgan fingerprint density at radius 1 is 0.324 bits per heavy atom. The highest BCUT2D eigenvalue weighted by atomic mass is 28.4. The molecule has 0 saturated carbocycles. The summed E-state index contributed by atoms with van der Waals surface area (Å²) in [6.45, 7) is 15.6. The van der Waals surface area contributed by atoms with Gasteiger partial charge in [-0.2, -0.15) is 0 Å². The molecule has 0 bridgehead atoms. The summed E-state index contributed by atoms with van der Waals surface area (Å²) in [5.41, 5.74) is 0. The van der Waals surface area contributed by atoms with Crippen LogP contribution in [0.4, 0.5) is 16.4 Å². The van der Waals surface area contributed by atoms with E-state index in [0.29, 0.717) is 0 Å². The third-order valence-corrected chi connectivity index (χ3v) is 18.0. The first kappa shape index (κ1) is 39.7. The molecule has 0 radical (unpaired) electrons. The van der Waals surface area contributed by atoms with Gasteiger partial charge in [-0.3, -0.25) is 0 Å². The third-order valence-electron chi connectivity index (χ3n) is 7.46. The molecule has 0 aliphatic rings. The highest BCUT2D eigenvalue weighted by Crippen LogP contribution is 2.33. The van der Waals surface area contributed by atoms with Gasteiger partial charge in [-0.25, -0.2) is 0 Å². The van der Waals surface area contributed by atoms with Gasteiger partial charge in [0.2, 0.25) is 33.6 Å². The monoisotopic (exact) mass is 602 g/mol. The van der Waals surface area contributed by atoms with Crippen LogP contribution in [0.15, 0.2) is 0 Å². The van der Waals surface area contributed by atoms with Gasteiger partial charge >= 0.3 is 0 Å². The van der Waals surface area contributed by atoms with E-state index in [9.17, 15) is 8.22 Å². The van der Waals surface area contributed by atoms with Gasteiger partial charge in [-0.1, -0.05) is 111 Å². The lowest BCUT2D eigenvalue weighted by Gasteiger charge is -2.25. The lowest BCUT2D eigenvalue weighted by Crippen LogP contribution is -2.30. The fourth-order valence-corrected chi connectivity index (χ4v) is 14.3. The first-order valence-electron chi connectivity index (χ1n) is 15.9. The molecule has 0 unspecified atom stereocenters. The van der Waals surface area contributed by atoms with Gasteiger partial charge in [0, 0.05) is 0 Å². The van der Waals surface area contributed by atoms with E-state index < -0.39 is 33.6 Å².